The number of hydrogen-bond donors (Lipinski definition) is 2. The van der Waals surface area contributed by atoms with Crippen molar-refractivity contribution in [1.82, 2.24) is 20.5 Å². The van der Waals surface area contributed by atoms with Crippen molar-refractivity contribution in [1.29, 1.82) is 0 Å². The monoisotopic (exact) mass is 428 g/mol. The molecule has 1 aromatic heterocycles. The van der Waals surface area contributed by atoms with E-state index in [1.807, 2.05) is 36.4 Å². The minimum atomic E-state index is -0.0469. The van der Waals surface area contributed by atoms with E-state index in [0.29, 0.717) is 12.1 Å². The Morgan fingerprint density at radius 2 is 1.55 bits per heavy atom. The predicted octanol–water partition coefficient (Wildman–Crippen LogP) is 5.05. The van der Waals surface area contributed by atoms with Gasteiger partial charge in [0.05, 0.1) is 0 Å². The number of nitrogens with zero attached hydrogens (tertiary/aromatic N) is 2. The molecule has 1 amide bonds. The van der Waals surface area contributed by atoms with Crippen LogP contribution in [0.5, 0.6) is 0 Å². The van der Waals surface area contributed by atoms with Gasteiger partial charge in [-0.2, -0.15) is 5.10 Å². The van der Waals surface area contributed by atoms with Gasteiger partial charge in [-0.15, -0.1) is 0 Å². The first kappa shape index (κ1) is 20.9. The third-order valence-corrected chi connectivity index (χ3v) is 6.05. The van der Waals surface area contributed by atoms with Crippen molar-refractivity contribution in [2.75, 3.05) is 6.54 Å². The maximum atomic E-state index is 12.6. The van der Waals surface area contributed by atoms with E-state index in [4.69, 9.17) is 0 Å². The van der Waals surface area contributed by atoms with Crippen LogP contribution >= 0.6 is 11.8 Å². The molecule has 0 saturated carbocycles. The highest BCUT2D eigenvalue weighted by Gasteiger charge is 2.14. The van der Waals surface area contributed by atoms with Crippen molar-refractivity contribution in [3.63, 3.8) is 0 Å². The van der Waals surface area contributed by atoms with Crippen LogP contribution in [-0.2, 0) is 5.75 Å². The first-order valence-electron chi connectivity index (χ1n) is 10.2. The minimum Gasteiger partial charge on any atom is -0.352 e. The normalized spacial score (nSPS) is 10.9. The molecule has 0 atom stereocenters. The number of aromatic amines is 1. The van der Waals surface area contributed by atoms with Crippen molar-refractivity contribution in [2.45, 2.75) is 23.2 Å². The summed E-state index contributed by atoms with van der Waals surface area (Å²) in [6, 6.07) is 28.6. The number of carbonyl (C=O) groups is 1. The van der Waals surface area contributed by atoms with Crippen LogP contribution in [0.3, 0.4) is 0 Å². The molecule has 0 radical (unpaired) electrons. The summed E-state index contributed by atoms with van der Waals surface area (Å²) in [6.07, 6.45) is 2.33. The van der Waals surface area contributed by atoms with Gasteiger partial charge >= 0.3 is 0 Å². The Balaban J connectivity index is 1.33. The van der Waals surface area contributed by atoms with Crippen LogP contribution in [0, 0.1) is 0 Å². The number of rotatable bonds is 9. The lowest BCUT2D eigenvalue weighted by atomic mass is 9.88. The molecule has 0 aliphatic rings. The lowest BCUT2D eigenvalue weighted by molar-refractivity contribution is 0.0953. The van der Waals surface area contributed by atoms with Crippen LogP contribution in [0.4, 0.5) is 0 Å². The van der Waals surface area contributed by atoms with Gasteiger partial charge in [0.15, 0.2) is 5.16 Å². The van der Waals surface area contributed by atoms with Gasteiger partial charge in [-0.25, -0.2) is 4.98 Å². The number of benzene rings is 3. The largest absolute Gasteiger partial charge is 0.352 e. The highest BCUT2D eigenvalue weighted by molar-refractivity contribution is 7.98. The van der Waals surface area contributed by atoms with Crippen molar-refractivity contribution in [3.8, 4) is 0 Å². The molecule has 0 aliphatic carbocycles. The molecular weight excluding hydrogens is 404 g/mol. The molecule has 2 N–H and O–H groups in total. The zero-order chi connectivity index (χ0) is 21.3. The van der Waals surface area contributed by atoms with Gasteiger partial charge < -0.3 is 5.32 Å². The Morgan fingerprint density at radius 3 is 2.13 bits per heavy atom. The van der Waals surface area contributed by atoms with E-state index < -0.39 is 0 Å². The van der Waals surface area contributed by atoms with E-state index in [9.17, 15) is 4.79 Å². The summed E-state index contributed by atoms with van der Waals surface area (Å²) in [5, 5.41) is 10.5. The van der Waals surface area contributed by atoms with Gasteiger partial charge in [-0.1, -0.05) is 84.6 Å². The number of amides is 1. The average molecular weight is 429 g/mol. The Kier molecular flexibility index (Phi) is 7.13. The molecule has 31 heavy (non-hydrogen) atoms. The molecule has 1 heterocycles. The molecule has 0 bridgehead atoms. The zero-order valence-corrected chi connectivity index (χ0v) is 17.9. The first-order chi connectivity index (χ1) is 15.3. The van der Waals surface area contributed by atoms with Crippen molar-refractivity contribution < 1.29 is 4.79 Å². The average Bonchev–Trinajstić information content (AvgIpc) is 3.36. The number of hydrogen-bond acceptors (Lipinski definition) is 4. The smallest absolute Gasteiger partial charge is 0.251 e. The summed E-state index contributed by atoms with van der Waals surface area (Å²) in [4.78, 5) is 16.7. The number of nitrogens with one attached hydrogen (secondary N) is 2. The van der Waals surface area contributed by atoms with E-state index >= 15 is 0 Å². The number of carbonyl (C=O) groups excluding carboxylic acids is 1. The third kappa shape index (κ3) is 5.83. The molecule has 0 fully saturated rings. The lowest BCUT2D eigenvalue weighted by Crippen LogP contribution is -2.25. The molecule has 5 nitrogen and oxygen atoms in total. The fourth-order valence-electron chi connectivity index (χ4n) is 3.50. The maximum Gasteiger partial charge on any atom is 0.251 e. The summed E-state index contributed by atoms with van der Waals surface area (Å²) in [5.41, 5.74) is 4.32. The summed E-state index contributed by atoms with van der Waals surface area (Å²) in [5.74, 6) is 0.972. The van der Waals surface area contributed by atoms with Gasteiger partial charge in [0.25, 0.3) is 5.91 Å². The van der Waals surface area contributed by atoms with Gasteiger partial charge in [0.2, 0.25) is 0 Å². The van der Waals surface area contributed by atoms with Crippen LogP contribution < -0.4 is 5.32 Å². The third-order valence-electron chi connectivity index (χ3n) is 5.11. The standard InChI is InChI=1S/C25H24N4OS/c30-24(22-13-11-19(12-14-22)17-31-25-27-18-28-29-25)26-16-15-23(20-7-3-1-4-8-20)21-9-5-2-6-10-21/h1-14,18,23H,15-17H2,(H,26,30)(H,27,28,29). The Bertz CT molecular complexity index is 1030. The van der Waals surface area contributed by atoms with E-state index in [-0.39, 0.29) is 11.8 Å². The molecule has 0 spiro atoms. The van der Waals surface area contributed by atoms with Crippen molar-refractivity contribution in [3.05, 3.63) is 114 Å². The first-order valence-corrected chi connectivity index (χ1v) is 11.2. The molecule has 4 aromatic rings. The summed E-state index contributed by atoms with van der Waals surface area (Å²) < 4.78 is 0. The fourth-order valence-corrected chi connectivity index (χ4v) is 4.23. The number of aromatic nitrogens is 3. The molecule has 6 heteroatoms. The quantitative estimate of drug-likeness (QED) is 0.366. The molecule has 4 rings (SSSR count). The van der Waals surface area contributed by atoms with Crippen molar-refractivity contribution >= 4 is 17.7 Å². The van der Waals surface area contributed by atoms with E-state index in [2.05, 4.69) is 69.0 Å². The second kappa shape index (κ2) is 10.6. The molecule has 156 valence electrons. The molecular formula is C25H24N4OS. The zero-order valence-electron chi connectivity index (χ0n) is 17.1. The summed E-state index contributed by atoms with van der Waals surface area (Å²) in [7, 11) is 0. The number of thioether (sulfide) groups is 1. The number of H-pyrrole nitrogens is 1. The van der Waals surface area contributed by atoms with Crippen LogP contribution in [0.25, 0.3) is 0 Å². The van der Waals surface area contributed by atoms with Crippen LogP contribution in [-0.4, -0.2) is 27.6 Å². The highest BCUT2D eigenvalue weighted by Crippen LogP contribution is 2.27. The van der Waals surface area contributed by atoms with Crippen molar-refractivity contribution in [2.24, 2.45) is 0 Å². The maximum absolute atomic E-state index is 12.6. The second-order valence-corrected chi connectivity index (χ2v) is 8.16. The Hall–Kier alpha value is -3.38. The fraction of sp³-hybridized carbons (Fsp3) is 0.160. The van der Waals surface area contributed by atoms with Crippen LogP contribution in [0.1, 0.15) is 39.4 Å². The van der Waals surface area contributed by atoms with Gasteiger partial charge in [0.1, 0.15) is 6.33 Å². The van der Waals surface area contributed by atoms with E-state index in [1.54, 1.807) is 11.8 Å². The van der Waals surface area contributed by atoms with E-state index in [1.165, 1.54) is 17.5 Å². The summed E-state index contributed by atoms with van der Waals surface area (Å²) >= 11 is 1.58. The van der Waals surface area contributed by atoms with E-state index in [0.717, 1.165) is 22.9 Å². The van der Waals surface area contributed by atoms with Crippen LogP contribution in [0.2, 0.25) is 0 Å². The Labute approximate surface area is 186 Å². The van der Waals surface area contributed by atoms with Gasteiger partial charge in [-0.05, 0) is 35.2 Å². The van der Waals surface area contributed by atoms with Gasteiger partial charge in [-0.3, -0.25) is 9.89 Å². The topological polar surface area (TPSA) is 70.7 Å². The molecule has 0 aliphatic heterocycles. The molecule has 3 aromatic carbocycles. The second-order valence-electron chi connectivity index (χ2n) is 7.19. The molecule has 0 unspecified atom stereocenters. The lowest BCUT2D eigenvalue weighted by Gasteiger charge is -2.18. The summed E-state index contributed by atoms with van der Waals surface area (Å²) in [6.45, 7) is 0.608. The Morgan fingerprint density at radius 1 is 0.903 bits per heavy atom. The van der Waals surface area contributed by atoms with Gasteiger partial charge in [0, 0.05) is 23.8 Å². The minimum absolute atomic E-state index is 0.0469. The highest BCUT2D eigenvalue weighted by atomic mass is 32.2. The molecule has 0 saturated heterocycles. The van der Waals surface area contributed by atoms with Crippen LogP contribution in [0.15, 0.2) is 96.4 Å². The predicted molar refractivity (Wildman–Crippen MR) is 124 cm³/mol. The SMILES string of the molecule is O=C(NCCC(c1ccccc1)c1ccccc1)c1ccc(CSc2ncn[nH]2)cc1.